The molecule has 0 fully saturated rings. The maximum Gasteiger partial charge on any atom is 0.147 e. The predicted molar refractivity (Wildman–Crippen MR) is 118 cm³/mol. The fourth-order valence-electron chi connectivity index (χ4n) is 3.39. The molecule has 0 heterocycles. The van der Waals surface area contributed by atoms with Crippen LogP contribution in [0.3, 0.4) is 0 Å². The molecule has 0 radical (unpaired) electrons. The fourth-order valence-corrected chi connectivity index (χ4v) is 3.39. The third-order valence-electron chi connectivity index (χ3n) is 4.99. The average Bonchev–Trinajstić information content (AvgIpc) is 2.79. The maximum absolute atomic E-state index is 9.20. The molecule has 0 aromatic heterocycles. The zero-order valence-corrected chi connectivity index (χ0v) is 17.8. The van der Waals surface area contributed by atoms with Crippen molar-refractivity contribution >= 4 is 0 Å². The Balaban J connectivity index is 2.12. The zero-order valence-electron chi connectivity index (χ0n) is 17.8. The molecule has 0 saturated carbocycles. The van der Waals surface area contributed by atoms with Gasteiger partial charge in [-0.05, 0) is 43.0 Å². The molecule has 3 unspecified atom stereocenters. The Kier molecular flexibility index (Phi) is 11.6. The summed E-state index contributed by atoms with van der Waals surface area (Å²) >= 11 is 0. The van der Waals surface area contributed by atoms with E-state index < -0.39 is 0 Å². The molecule has 162 valence electrons. The minimum absolute atomic E-state index is 0.0373. The van der Waals surface area contributed by atoms with E-state index in [1.165, 1.54) is 11.1 Å². The van der Waals surface area contributed by atoms with Crippen LogP contribution in [0.2, 0.25) is 0 Å². The standard InChI is InChI=1S/C23H32N4O3/c1-25-22(17-20-11-7-4-8-12-20)23(30-18-29-16-15-28-2)21(26-27-24)14-13-19-9-5-3-6-10-19/h3-12,21-23,25H,13-18H2,1-2H3. The largest absolute Gasteiger partial charge is 0.382 e. The van der Waals surface area contributed by atoms with Crippen molar-refractivity contribution in [2.45, 2.75) is 37.5 Å². The summed E-state index contributed by atoms with van der Waals surface area (Å²) in [7, 11) is 3.53. The number of ether oxygens (including phenoxy) is 3. The summed E-state index contributed by atoms with van der Waals surface area (Å²) in [4.78, 5) is 3.11. The van der Waals surface area contributed by atoms with Crippen molar-refractivity contribution in [2.24, 2.45) is 5.11 Å². The molecule has 7 heteroatoms. The minimum Gasteiger partial charge on any atom is -0.382 e. The number of hydrogen-bond donors (Lipinski definition) is 1. The van der Waals surface area contributed by atoms with Crippen LogP contribution in [-0.2, 0) is 27.1 Å². The molecule has 0 spiro atoms. The number of nitrogens with zero attached hydrogens (tertiary/aromatic N) is 3. The lowest BCUT2D eigenvalue weighted by atomic mass is 9.93. The highest BCUT2D eigenvalue weighted by molar-refractivity contribution is 5.17. The second kappa shape index (κ2) is 14.6. The lowest BCUT2D eigenvalue weighted by Crippen LogP contribution is -2.47. The van der Waals surface area contributed by atoms with Gasteiger partial charge in [0.2, 0.25) is 0 Å². The van der Waals surface area contributed by atoms with Crippen LogP contribution >= 0.6 is 0 Å². The van der Waals surface area contributed by atoms with E-state index in [1.807, 2.05) is 43.4 Å². The van der Waals surface area contributed by atoms with E-state index in [0.717, 1.165) is 12.8 Å². The molecule has 2 aromatic carbocycles. The van der Waals surface area contributed by atoms with Gasteiger partial charge < -0.3 is 19.5 Å². The first-order valence-electron chi connectivity index (χ1n) is 10.3. The number of rotatable bonds is 15. The van der Waals surface area contributed by atoms with Crippen LogP contribution in [0, 0.1) is 0 Å². The number of hydrogen-bond acceptors (Lipinski definition) is 5. The Morgan fingerprint density at radius 3 is 2.27 bits per heavy atom. The van der Waals surface area contributed by atoms with Gasteiger partial charge in [0, 0.05) is 18.1 Å². The van der Waals surface area contributed by atoms with E-state index in [4.69, 9.17) is 14.2 Å². The van der Waals surface area contributed by atoms with Gasteiger partial charge in [-0.1, -0.05) is 65.8 Å². The number of methoxy groups -OCH3 is 1. The number of azide groups is 1. The molecule has 1 N–H and O–H groups in total. The lowest BCUT2D eigenvalue weighted by Gasteiger charge is -2.31. The average molecular weight is 413 g/mol. The summed E-state index contributed by atoms with van der Waals surface area (Å²) in [5.41, 5.74) is 11.6. The normalized spacial score (nSPS) is 13.9. The van der Waals surface area contributed by atoms with Gasteiger partial charge in [0.1, 0.15) is 6.79 Å². The molecule has 0 aliphatic carbocycles. The highest BCUT2D eigenvalue weighted by Crippen LogP contribution is 2.19. The van der Waals surface area contributed by atoms with Crippen molar-refractivity contribution in [3.63, 3.8) is 0 Å². The van der Waals surface area contributed by atoms with Gasteiger partial charge in [0.15, 0.2) is 0 Å². The highest BCUT2D eigenvalue weighted by Gasteiger charge is 2.29. The van der Waals surface area contributed by atoms with E-state index in [1.54, 1.807) is 7.11 Å². The first-order chi connectivity index (χ1) is 14.8. The Bertz CT molecular complexity index is 739. The van der Waals surface area contributed by atoms with Crippen LogP contribution in [0.15, 0.2) is 65.8 Å². The third kappa shape index (κ3) is 8.53. The van der Waals surface area contributed by atoms with E-state index in [2.05, 4.69) is 39.6 Å². The summed E-state index contributed by atoms with van der Waals surface area (Å²) in [5, 5.41) is 7.45. The van der Waals surface area contributed by atoms with Crippen molar-refractivity contribution in [3.8, 4) is 0 Å². The third-order valence-corrected chi connectivity index (χ3v) is 4.99. The van der Waals surface area contributed by atoms with Crippen LogP contribution in [-0.4, -0.2) is 52.4 Å². The number of likely N-dealkylation sites (N-methyl/N-ethyl adjacent to an activating group) is 1. The van der Waals surface area contributed by atoms with Crippen LogP contribution < -0.4 is 5.32 Å². The summed E-state index contributed by atoms with van der Waals surface area (Å²) in [6.45, 7) is 1.06. The van der Waals surface area contributed by atoms with Gasteiger partial charge in [-0.15, -0.1) is 0 Å². The van der Waals surface area contributed by atoms with Gasteiger partial charge in [-0.3, -0.25) is 0 Å². The smallest absolute Gasteiger partial charge is 0.147 e. The second-order valence-electron chi connectivity index (χ2n) is 7.03. The van der Waals surface area contributed by atoms with Gasteiger partial charge in [0.05, 0.1) is 25.4 Å². The Hall–Kier alpha value is -2.41. The van der Waals surface area contributed by atoms with Crippen molar-refractivity contribution in [1.29, 1.82) is 0 Å². The Morgan fingerprint density at radius 1 is 1.00 bits per heavy atom. The quantitative estimate of drug-likeness (QED) is 0.157. The molecule has 7 nitrogen and oxygen atoms in total. The summed E-state index contributed by atoms with van der Waals surface area (Å²) < 4.78 is 16.7. The Labute approximate surface area is 179 Å². The molecular weight excluding hydrogens is 380 g/mol. The van der Waals surface area contributed by atoms with Gasteiger partial charge in [-0.2, -0.15) is 0 Å². The molecule has 0 amide bonds. The van der Waals surface area contributed by atoms with Gasteiger partial charge >= 0.3 is 0 Å². The van der Waals surface area contributed by atoms with Crippen molar-refractivity contribution in [1.82, 2.24) is 5.32 Å². The fraction of sp³-hybridized carbons (Fsp3) is 0.478. The second-order valence-corrected chi connectivity index (χ2v) is 7.03. The Morgan fingerprint density at radius 2 is 1.67 bits per heavy atom. The van der Waals surface area contributed by atoms with Crippen LogP contribution in [0.4, 0.5) is 0 Å². The zero-order chi connectivity index (χ0) is 21.4. The van der Waals surface area contributed by atoms with E-state index in [0.29, 0.717) is 19.6 Å². The molecular formula is C23H32N4O3. The molecule has 30 heavy (non-hydrogen) atoms. The van der Waals surface area contributed by atoms with Crippen LogP contribution in [0.1, 0.15) is 17.5 Å². The van der Waals surface area contributed by atoms with Gasteiger partial charge in [0.25, 0.3) is 0 Å². The molecule has 0 saturated heterocycles. The molecule has 3 atom stereocenters. The molecule has 0 bridgehead atoms. The van der Waals surface area contributed by atoms with Crippen LogP contribution in [0.5, 0.6) is 0 Å². The first kappa shape index (κ1) is 23.9. The number of aryl methyl sites for hydroxylation is 1. The van der Waals surface area contributed by atoms with Gasteiger partial charge in [-0.25, -0.2) is 0 Å². The van der Waals surface area contributed by atoms with Crippen molar-refractivity contribution < 1.29 is 14.2 Å². The monoisotopic (exact) mass is 412 g/mol. The molecule has 2 rings (SSSR count). The number of benzene rings is 2. The topological polar surface area (TPSA) is 88.5 Å². The minimum atomic E-state index is -0.336. The molecule has 2 aromatic rings. The van der Waals surface area contributed by atoms with Crippen molar-refractivity contribution in [3.05, 3.63) is 82.2 Å². The summed E-state index contributed by atoms with van der Waals surface area (Å²) in [6.07, 6.45) is 1.90. The van der Waals surface area contributed by atoms with E-state index in [9.17, 15) is 5.53 Å². The van der Waals surface area contributed by atoms with Crippen LogP contribution in [0.25, 0.3) is 10.4 Å². The SMILES string of the molecule is CNC(Cc1ccccc1)C(OCOCCOC)C(CCc1ccccc1)N=[N+]=[N-]. The highest BCUT2D eigenvalue weighted by atomic mass is 16.7. The van der Waals surface area contributed by atoms with Crippen molar-refractivity contribution in [2.75, 3.05) is 34.2 Å². The number of nitrogens with one attached hydrogen (secondary N) is 1. The first-order valence-corrected chi connectivity index (χ1v) is 10.3. The molecule has 0 aliphatic heterocycles. The maximum atomic E-state index is 9.20. The predicted octanol–water partition coefficient (Wildman–Crippen LogP) is 4.13. The molecule has 0 aliphatic rings. The summed E-state index contributed by atoms with van der Waals surface area (Å²) in [5.74, 6) is 0. The lowest BCUT2D eigenvalue weighted by molar-refractivity contribution is -0.113. The summed E-state index contributed by atoms with van der Waals surface area (Å²) in [6, 6.07) is 20.0. The van der Waals surface area contributed by atoms with E-state index >= 15 is 0 Å². The van der Waals surface area contributed by atoms with E-state index in [-0.39, 0.29) is 25.0 Å².